The fourth-order valence-corrected chi connectivity index (χ4v) is 5.11. The second-order valence-corrected chi connectivity index (χ2v) is 8.65. The van der Waals surface area contributed by atoms with Gasteiger partial charge in [0.05, 0.1) is 0 Å². The number of carbonyl (C=O) groups excluding carboxylic acids is 1. The van der Waals surface area contributed by atoms with Crippen LogP contribution >= 0.6 is 23.5 Å². The number of aryl methyl sites for hydroxylation is 1. The topological polar surface area (TPSA) is 17.1 Å². The Labute approximate surface area is 164 Å². The van der Waals surface area contributed by atoms with E-state index in [4.69, 9.17) is 0 Å². The Morgan fingerprint density at radius 1 is 0.692 bits per heavy atom. The minimum atomic E-state index is -0.115. The first-order valence-corrected chi connectivity index (χ1v) is 10.6. The number of ketones is 1. The maximum absolute atomic E-state index is 12.9. The van der Waals surface area contributed by atoms with Crippen LogP contribution in [-0.4, -0.2) is 10.4 Å². The molecule has 0 amide bonds. The molecule has 3 aromatic carbocycles. The van der Waals surface area contributed by atoms with Gasteiger partial charge in [-0.2, -0.15) is 0 Å². The molecule has 3 rings (SSSR count). The largest absolute Gasteiger partial charge is 0.297 e. The molecule has 0 atom stereocenters. The fourth-order valence-electron chi connectivity index (χ4n) is 2.63. The van der Waals surface area contributed by atoms with Gasteiger partial charge < -0.3 is 0 Å². The Bertz CT molecular complexity index is 747. The van der Waals surface area contributed by atoms with E-state index in [-0.39, 0.29) is 4.58 Å². The van der Waals surface area contributed by atoms with Gasteiger partial charge in [-0.3, -0.25) is 4.79 Å². The van der Waals surface area contributed by atoms with Gasteiger partial charge in [-0.05, 0) is 42.7 Å². The van der Waals surface area contributed by atoms with E-state index in [0.29, 0.717) is 12.2 Å². The molecule has 0 radical (unpaired) electrons. The van der Waals surface area contributed by atoms with Gasteiger partial charge in [0.2, 0.25) is 0 Å². The van der Waals surface area contributed by atoms with Crippen molar-refractivity contribution < 1.29 is 4.79 Å². The van der Waals surface area contributed by atoms with Crippen LogP contribution in [0, 0.1) is 0 Å². The van der Waals surface area contributed by atoms with E-state index in [1.807, 2.05) is 42.5 Å². The molecule has 0 fully saturated rings. The number of rotatable bonds is 9. The van der Waals surface area contributed by atoms with Gasteiger partial charge in [-0.25, -0.2) is 0 Å². The lowest BCUT2D eigenvalue weighted by molar-refractivity contribution is -0.117. The Balaban J connectivity index is 1.62. The molecule has 0 spiro atoms. The van der Waals surface area contributed by atoms with Crippen molar-refractivity contribution in [3.63, 3.8) is 0 Å². The predicted molar refractivity (Wildman–Crippen MR) is 113 cm³/mol. The van der Waals surface area contributed by atoms with Crippen LogP contribution in [0.4, 0.5) is 0 Å². The number of carbonyl (C=O) groups is 1. The van der Waals surface area contributed by atoms with Crippen LogP contribution in [0.3, 0.4) is 0 Å². The van der Waals surface area contributed by atoms with Crippen molar-refractivity contribution in [2.75, 3.05) is 0 Å². The minimum absolute atomic E-state index is 0.115. The summed E-state index contributed by atoms with van der Waals surface area (Å²) in [5.74, 6) is 0.309. The van der Waals surface area contributed by atoms with Crippen molar-refractivity contribution in [3.8, 4) is 0 Å². The highest BCUT2D eigenvalue weighted by Crippen LogP contribution is 2.36. The monoisotopic (exact) mass is 378 g/mol. The third-order valence-corrected chi connectivity index (χ3v) is 6.59. The molecule has 0 aromatic heterocycles. The van der Waals surface area contributed by atoms with Crippen molar-refractivity contribution in [3.05, 3.63) is 96.6 Å². The highest BCUT2D eigenvalue weighted by molar-refractivity contribution is 8.18. The smallest absolute Gasteiger partial charge is 0.156 e. The molecular formula is C23H22OS2. The first kappa shape index (κ1) is 18.8. The summed E-state index contributed by atoms with van der Waals surface area (Å²) in [5.41, 5.74) is 1.29. The van der Waals surface area contributed by atoms with E-state index in [9.17, 15) is 4.79 Å². The molecule has 0 saturated carbocycles. The summed E-state index contributed by atoms with van der Waals surface area (Å²) in [7, 11) is 0. The summed E-state index contributed by atoms with van der Waals surface area (Å²) in [6, 6.07) is 30.7. The molecule has 0 bridgehead atoms. The van der Waals surface area contributed by atoms with Crippen molar-refractivity contribution in [1.29, 1.82) is 0 Å². The second kappa shape index (κ2) is 10.2. The Hall–Kier alpha value is -1.97. The van der Waals surface area contributed by atoms with Gasteiger partial charge >= 0.3 is 0 Å². The summed E-state index contributed by atoms with van der Waals surface area (Å²) < 4.78 is -0.115. The van der Waals surface area contributed by atoms with Crippen molar-refractivity contribution in [2.24, 2.45) is 0 Å². The van der Waals surface area contributed by atoms with Gasteiger partial charge in [-0.15, -0.1) is 23.5 Å². The van der Waals surface area contributed by atoms with Gasteiger partial charge in [0.1, 0.15) is 4.58 Å². The van der Waals surface area contributed by atoms with Crippen LogP contribution in [-0.2, 0) is 11.2 Å². The zero-order valence-electron chi connectivity index (χ0n) is 14.6. The molecule has 26 heavy (non-hydrogen) atoms. The second-order valence-electron chi connectivity index (χ2n) is 6.00. The highest BCUT2D eigenvalue weighted by atomic mass is 32.2. The lowest BCUT2D eigenvalue weighted by Gasteiger charge is -2.15. The quantitative estimate of drug-likeness (QED) is 0.313. The third-order valence-electron chi connectivity index (χ3n) is 3.97. The molecule has 0 saturated heterocycles. The number of hydrogen-bond donors (Lipinski definition) is 0. The number of Topliss-reactive ketones (excluding diaryl/α,β-unsaturated/α-hetero) is 1. The highest BCUT2D eigenvalue weighted by Gasteiger charge is 2.20. The standard InChI is InChI=1S/C23H22OS2/c24-22(18-10-13-19-11-4-1-5-12-19)23(25-20-14-6-2-7-15-20)26-21-16-8-3-9-17-21/h1-9,11-12,14-17,23H,10,13,18H2. The molecule has 132 valence electrons. The predicted octanol–water partition coefficient (Wildman–Crippen LogP) is 6.49. The van der Waals surface area contributed by atoms with Gasteiger partial charge in [0.25, 0.3) is 0 Å². The van der Waals surface area contributed by atoms with Gasteiger partial charge in [0, 0.05) is 16.2 Å². The lowest BCUT2D eigenvalue weighted by Crippen LogP contribution is -2.13. The fraction of sp³-hybridized carbons (Fsp3) is 0.174. The molecular weight excluding hydrogens is 356 g/mol. The molecule has 0 aliphatic heterocycles. The Morgan fingerprint density at radius 3 is 1.65 bits per heavy atom. The number of hydrogen-bond acceptors (Lipinski definition) is 3. The normalized spacial score (nSPS) is 10.8. The maximum atomic E-state index is 12.9. The van der Waals surface area contributed by atoms with Crippen molar-refractivity contribution in [1.82, 2.24) is 0 Å². The molecule has 3 aromatic rings. The first-order chi connectivity index (χ1) is 12.8. The first-order valence-electron chi connectivity index (χ1n) is 8.81. The summed E-state index contributed by atoms with van der Waals surface area (Å²) in [5, 5.41) is 0. The molecule has 0 N–H and O–H groups in total. The Morgan fingerprint density at radius 2 is 1.15 bits per heavy atom. The zero-order valence-corrected chi connectivity index (χ0v) is 16.2. The van der Waals surface area contributed by atoms with Crippen LogP contribution < -0.4 is 0 Å². The molecule has 0 unspecified atom stereocenters. The average molecular weight is 379 g/mol. The lowest BCUT2D eigenvalue weighted by atomic mass is 10.1. The number of thioether (sulfide) groups is 2. The van der Waals surface area contributed by atoms with E-state index in [0.717, 1.165) is 22.6 Å². The summed E-state index contributed by atoms with van der Waals surface area (Å²) in [4.78, 5) is 15.2. The van der Waals surface area contributed by atoms with Crippen LogP contribution in [0.25, 0.3) is 0 Å². The van der Waals surface area contributed by atoms with Crippen molar-refractivity contribution >= 4 is 29.3 Å². The minimum Gasteiger partial charge on any atom is -0.297 e. The van der Waals surface area contributed by atoms with Crippen LogP contribution in [0.1, 0.15) is 18.4 Å². The molecule has 1 nitrogen and oxygen atoms in total. The van der Waals surface area contributed by atoms with E-state index < -0.39 is 0 Å². The summed E-state index contributed by atoms with van der Waals surface area (Å²) in [6.07, 6.45) is 2.45. The van der Waals surface area contributed by atoms with Crippen molar-refractivity contribution in [2.45, 2.75) is 33.6 Å². The van der Waals surface area contributed by atoms with Gasteiger partial charge in [-0.1, -0.05) is 66.7 Å². The average Bonchev–Trinajstić information content (AvgIpc) is 2.70. The van der Waals surface area contributed by atoms with Crippen LogP contribution in [0.5, 0.6) is 0 Å². The number of benzene rings is 3. The van der Waals surface area contributed by atoms with Gasteiger partial charge in [0.15, 0.2) is 5.78 Å². The van der Waals surface area contributed by atoms with E-state index in [1.165, 1.54) is 5.56 Å². The van der Waals surface area contributed by atoms with E-state index in [1.54, 1.807) is 23.5 Å². The zero-order chi connectivity index (χ0) is 18.0. The van der Waals surface area contributed by atoms with E-state index in [2.05, 4.69) is 48.5 Å². The van der Waals surface area contributed by atoms with Crippen LogP contribution in [0.15, 0.2) is 101 Å². The Kier molecular flexibility index (Phi) is 7.41. The summed E-state index contributed by atoms with van der Waals surface area (Å²) in [6.45, 7) is 0. The SMILES string of the molecule is O=C(CCCc1ccccc1)C(Sc1ccccc1)Sc1ccccc1. The molecule has 0 aliphatic rings. The summed E-state index contributed by atoms with van der Waals surface area (Å²) >= 11 is 3.30. The molecule has 3 heteroatoms. The molecule has 0 heterocycles. The third kappa shape index (κ3) is 6.08. The molecule has 0 aliphatic carbocycles. The van der Waals surface area contributed by atoms with Crippen LogP contribution in [0.2, 0.25) is 0 Å². The maximum Gasteiger partial charge on any atom is 0.156 e. The van der Waals surface area contributed by atoms with E-state index >= 15 is 0 Å².